The van der Waals surface area contributed by atoms with Crippen LogP contribution in [0.2, 0.25) is 0 Å². The van der Waals surface area contributed by atoms with Gasteiger partial charge in [0.2, 0.25) is 17.7 Å². The molecule has 1 fully saturated rings. The van der Waals surface area contributed by atoms with Crippen molar-refractivity contribution in [2.75, 3.05) is 17.2 Å². The molecule has 4 aliphatic rings. The zero-order valence-corrected chi connectivity index (χ0v) is 24.0. The Balaban J connectivity index is 1.21. The number of anilines is 2. The van der Waals surface area contributed by atoms with Crippen molar-refractivity contribution in [2.24, 2.45) is 11.8 Å². The first kappa shape index (κ1) is 28.3. The van der Waals surface area contributed by atoms with Crippen LogP contribution in [0, 0.1) is 11.8 Å². The highest BCUT2D eigenvalue weighted by Gasteiger charge is 2.63. The summed E-state index contributed by atoms with van der Waals surface area (Å²) >= 11 is 0. The van der Waals surface area contributed by atoms with Crippen LogP contribution in [-0.2, 0) is 28.7 Å². The normalized spacial score (nSPS) is 21.9. The third kappa shape index (κ3) is 4.98. The van der Waals surface area contributed by atoms with E-state index in [1.54, 1.807) is 24.3 Å². The van der Waals surface area contributed by atoms with Gasteiger partial charge in [0.05, 0.1) is 11.8 Å². The molecule has 3 aromatic carbocycles. The molecular formula is C34H33N3O6. The van der Waals surface area contributed by atoms with E-state index in [1.165, 1.54) is 6.92 Å². The summed E-state index contributed by atoms with van der Waals surface area (Å²) in [5.41, 5.74) is 5.28. The minimum atomic E-state index is -1.11. The van der Waals surface area contributed by atoms with Gasteiger partial charge in [-0.2, -0.15) is 0 Å². The minimum Gasteiger partial charge on any atom is -0.454 e. The summed E-state index contributed by atoms with van der Waals surface area (Å²) in [5, 5.41) is 5.30. The molecule has 0 spiro atoms. The Morgan fingerprint density at radius 3 is 1.67 bits per heavy atom. The van der Waals surface area contributed by atoms with Gasteiger partial charge in [0.15, 0.2) is 6.61 Å². The summed E-state index contributed by atoms with van der Waals surface area (Å²) in [6.45, 7) is 2.80. The highest BCUT2D eigenvalue weighted by Crippen LogP contribution is 2.61. The van der Waals surface area contributed by atoms with Crippen LogP contribution in [0.15, 0.2) is 72.8 Å². The minimum absolute atomic E-state index is 0.211. The van der Waals surface area contributed by atoms with Gasteiger partial charge in [0, 0.05) is 30.1 Å². The number of benzene rings is 3. The molecule has 43 heavy (non-hydrogen) atoms. The van der Waals surface area contributed by atoms with Crippen molar-refractivity contribution in [2.45, 2.75) is 51.0 Å². The van der Waals surface area contributed by atoms with Crippen LogP contribution in [0.1, 0.15) is 67.2 Å². The average molecular weight is 580 g/mol. The van der Waals surface area contributed by atoms with Crippen LogP contribution in [0.25, 0.3) is 0 Å². The van der Waals surface area contributed by atoms with E-state index < -0.39 is 36.4 Å². The van der Waals surface area contributed by atoms with E-state index in [0.29, 0.717) is 17.8 Å². The van der Waals surface area contributed by atoms with E-state index in [2.05, 4.69) is 10.6 Å². The standard InChI is InChI=1S/C34H33N3O6/c1-3-4-13-26(34(42)43-18-27(39)36-21-16-14-20(15-17-21)35-19(2)38)37-32(40)30-28-22-9-5-6-10-23(22)29(31(30)33(37)41)25-12-8-7-11-24(25)28/h5-12,14-17,26,28-31H,3-4,13,18H2,1-2H3,(H,35,38)(H,36,39)/t26-,28?,29?,30+,31+/m1/s1. The molecule has 3 aliphatic carbocycles. The lowest BCUT2D eigenvalue weighted by molar-refractivity contribution is -0.160. The number of rotatable bonds is 9. The highest BCUT2D eigenvalue weighted by molar-refractivity contribution is 6.10. The van der Waals surface area contributed by atoms with Gasteiger partial charge in [-0.1, -0.05) is 68.3 Å². The van der Waals surface area contributed by atoms with Gasteiger partial charge in [0.1, 0.15) is 6.04 Å². The van der Waals surface area contributed by atoms with Crippen molar-refractivity contribution in [1.82, 2.24) is 4.90 Å². The van der Waals surface area contributed by atoms with Crippen LogP contribution >= 0.6 is 0 Å². The Morgan fingerprint density at radius 2 is 1.23 bits per heavy atom. The van der Waals surface area contributed by atoms with Crippen molar-refractivity contribution < 1.29 is 28.7 Å². The molecule has 3 aromatic rings. The van der Waals surface area contributed by atoms with Crippen LogP contribution in [-0.4, -0.2) is 47.1 Å². The maximum Gasteiger partial charge on any atom is 0.329 e. The molecule has 9 nitrogen and oxygen atoms in total. The van der Waals surface area contributed by atoms with Crippen LogP contribution in [0.5, 0.6) is 0 Å². The third-order valence-corrected chi connectivity index (χ3v) is 8.73. The number of imide groups is 1. The first-order valence-corrected chi connectivity index (χ1v) is 14.7. The molecule has 2 N–H and O–H groups in total. The first-order valence-electron chi connectivity index (χ1n) is 14.7. The Hall–Kier alpha value is -4.79. The van der Waals surface area contributed by atoms with Crippen molar-refractivity contribution >= 4 is 41.0 Å². The number of esters is 1. The van der Waals surface area contributed by atoms with E-state index in [1.807, 2.05) is 55.5 Å². The van der Waals surface area contributed by atoms with Gasteiger partial charge in [-0.25, -0.2) is 4.79 Å². The molecule has 4 amide bonds. The molecule has 1 heterocycles. The Kier molecular flexibility index (Phi) is 7.56. The van der Waals surface area contributed by atoms with Crippen LogP contribution in [0.4, 0.5) is 11.4 Å². The number of amides is 4. The predicted molar refractivity (Wildman–Crippen MR) is 159 cm³/mol. The molecular weight excluding hydrogens is 546 g/mol. The van der Waals surface area contributed by atoms with Crippen molar-refractivity contribution in [1.29, 1.82) is 0 Å². The number of likely N-dealkylation sites (tertiary alicyclic amines) is 1. The molecule has 0 unspecified atom stereocenters. The van der Waals surface area contributed by atoms with Gasteiger partial charge in [0.25, 0.3) is 5.91 Å². The quantitative estimate of drug-likeness (QED) is 0.283. The molecule has 220 valence electrons. The van der Waals surface area contributed by atoms with E-state index >= 15 is 0 Å². The third-order valence-electron chi connectivity index (χ3n) is 8.73. The molecule has 0 aromatic heterocycles. The topological polar surface area (TPSA) is 122 Å². The number of nitrogens with one attached hydrogen (secondary N) is 2. The number of carbonyl (C=O) groups excluding carboxylic acids is 5. The van der Waals surface area contributed by atoms with Crippen molar-refractivity contribution in [3.63, 3.8) is 0 Å². The maximum atomic E-state index is 14.1. The van der Waals surface area contributed by atoms with E-state index in [4.69, 9.17) is 4.74 Å². The average Bonchev–Trinajstić information content (AvgIpc) is 3.27. The van der Waals surface area contributed by atoms with Crippen molar-refractivity contribution in [3.8, 4) is 0 Å². The fourth-order valence-electron chi connectivity index (χ4n) is 7.03. The lowest BCUT2D eigenvalue weighted by atomic mass is 9.55. The van der Waals surface area contributed by atoms with E-state index in [9.17, 15) is 24.0 Å². The van der Waals surface area contributed by atoms with Gasteiger partial charge < -0.3 is 15.4 Å². The largest absolute Gasteiger partial charge is 0.454 e. The maximum absolute atomic E-state index is 14.1. The summed E-state index contributed by atoms with van der Waals surface area (Å²) < 4.78 is 5.41. The van der Waals surface area contributed by atoms with Crippen LogP contribution < -0.4 is 10.6 Å². The molecule has 1 saturated heterocycles. The summed E-state index contributed by atoms with van der Waals surface area (Å²) in [5.74, 6) is -3.97. The van der Waals surface area contributed by atoms with Crippen LogP contribution in [0.3, 0.4) is 0 Å². The Labute approximate surface area is 249 Å². The molecule has 9 heteroatoms. The zero-order valence-electron chi connectivity index (χ0n) is 24.0. The number of carbonyl (C=O) groups is 5. The summed E-state index contributed by atoms with van der Waals surface area (Å²) in [6.07, 6.45) is 1.62. The summed E-state index contributed by atoms with van der Waals surface area (Å²) in [6, 6.07) is 21.4. The second-order valence-electron chi connectivity index (χ2n) is 11.4. The fourth-order valence-corrected chi connectivity index (χ4v) is 7.03. The summed E-state index contributed by atoms with van der Waals surface area (Å²) in [7, 11) is 0. The first-order chi connectivity index (χ1) is 20.8. The molecule has 7 rings (SSSR count). The lowest BCUT2D eigenvalue weighted by Crippen LogP contribution is -2.47. The monoisotopic (exact) mass is 579 g/mol. The number of ether oxygens (including phenoxy) is 1. The molecule has 0 radical (unpaired) electrons. The zero-order chi connectivity index (χ0) is 30.2. The van der Waals surface area contributed by atoms with Gasteiger partial charge in [-0.05, 0) is 52.9 Å². The Morgan fingerprint density at radius 1 is 0.767 bits per heavy atom. The number of nitrogens with zero attached hydrogens (tertiary/aromatic N) is 1. The van der Waals surface area contributed by atoms with E-state index in [-0.39, 0.29) is 36.0 Å². The molecule has 1 aliphatic heterocycles. The molecule has 2 bridgehead atoms. The summed E-state index contributed by atoms with van der Waals surface area (Å²) in [4.78, 5) is 66.7. The van der Waals surface area contributed by atoms with Gasteiger partial charge in [-0.3, -0.25) is 24.1 Å². The lowest BCUT2D eigenvalue weighted by Gasteiger charge is -2.45. The smallest absolute Gasteiger partial charge is 0.329 e. The number of hydrogen-bond donors (Lipinski definition) is 2. The SMILES string of the molecule is CCCC[C@H](C(=O)OCC(=O)Nc1ccc(NC(C)=O)cc1)N1C(=O)[C@H]2C3c4ccccc4C(c4ccccc43)[C@@H]2C1=O. The van der Waals surface area contributed by atoms with Gasteiger partial charge in [-0.15, -0.1) is 0 Å². The van der Waals surface area contributed by atoms with E-state index in [0.717, 1.165) is 33.6 Å². The predicted octanol–water partition coefficient (Wildman–Crippen LogP) is 4.58. The second-order valence-corrected chi connectivity index (χ2v) is 11.4. The number of hydrogen-bond acceptors (Lipinski definition) is 6. The van der Waals surface area contributed by atoms with Gasteiger partial charge >= 0.3 is 5.97 Å². The molecule has 3 atom stereocenters. The number of unbranched alkanes of at least 4 members (excludes halogenated alkanes) is 1. The fraction of sp³-hybridized carbons (Fsp3) is 0.324. The van der Waals surface area contributed by atoms with Crippen molar-refractivity contribution in [3.05, 3.63) is 95.1 Å². The second kappa shape index (κ2) is 11.5. The molecule has 0 saturated carbocycles. The Bertz CT molecular complexity index is 1500. The highest BCUT2D eigenvalue weighted by atomic mass is 16.5.